The number of methoxy groups -OCH3 is 2. The lowest BCUT2D eigenvalue weighted by molar-refractivity contribution is 0.100. The van der Waals surface area contributed by atoms with Crippen molar-refractivity contribution >= 4 is 5.91 Å². The molecule has 1 aromatic heterocycles. The van der Waals surface area contributed by atoms with E-state index in [1.54, 1.807) is 38.5 Å². The smallest absolute Gasteiger partial charge is 0.248 e. The molecule has 0 unspecified atom stereocenters. The van der Waals surface area contributed by atoms with Crippen LogP contribution in [0.2, 0.25) is 0 Å². The fraction of sp³-hybridized carbons (Fsp3) is 0.222. The molecule has 1 amide bonds. The van der Waals surface area contributed by atoms with Gasteiger partial charge in [-0.05, 0) is 47.5 Å². The van der Waals surface area contributed by atoms with Gasteiger partial charge in [0.2, 0.25) is 11.7 Å². The minimum absolute atomic E-state index is 0.432. The Labute approximate surface area is 150 Å². The Hall–Kier alpha value is -3.42. The highest BCUT2D eigenvalue weighted by Crippen LogP contribution is 2.30. The number of aromatic nitrogens is 4. The third kappa shape index (κ3) is 3.49. The Morgan fingerprint density at radius 2 is 1.77 bits per heavy atom. The van der Waals surface area contributed by atoms with Gasteiger partial charge in [-0.3, -0.25) is 4.79 Å². The van der Waals surface area contributed by atoms with Gasteiger partial charge in [-0.2, -0.15) is 4.80 Å². The molecule has 0 spiro atoms. The largest absolute Gasteiger partial charge is 0.493 e. The number of nitrogens with two attached hydrogens (primary N) is 1. The van der Waals surface area contributed by atoms with Crippen molar-refractivity contribution in [3.05, 3.63) is 53.1 Å². The van der Waals surface area contributed by atoms with Crippen molar-refractivity contribution in [1.29, 1.82) is 0 Å². The van der Waals surface area contributed by atoms with Crippen molar-refractivity contribution in [2.24, 2.45) is 5.73 Å². The van der Waals surface area contributed by atoms with Crippen molar-refractivity contribution in [2.45, 2.75) is 13.5 Å². The van der Waals surface area contributed by atoms with Crippen LogP contribution in [0.5, 0.6) is 11.5 Å². The van der Waals surface area contributed by atoms with Crippen LogP contribution in [0, 0.1) is 6.92 Å². The zero-order valence-corrected chi connectivity index (χ0v) is 14.8. The van der Waals surface area contributed by atoms with Crippen molar-refractivity contribution in [3.63, 3.8) is 0 Å². The number of benzene rings is 2. The number of ether oxygens (including phenoxy) is 2. The van der Waals surface area contributed by atoms with Gasteiger partial charge in [0, 0.05) is 11.1 Å². The molecule has 2 aromatic carbocycles. The number of primary amides is 1. The van der Waals surface area contributed by atoms with Crippen LogP contribution in [-0.2, 0) is 6.54 Å². The third-order valence-electron chi connectivity index (χ3n) is 4.03. The van der Waals surface area contributed by atoms with Crippen LogP contribution in [0.1, 0.15) is 21.5 Å². The number of carbonyl (C=O) groups excluding carboxylic acids is 1. The summed E-state index contributed by atoms with van der Waals surface area (Å²) in [5, 5.41) is 12.6. The number of carbonyl (C=O) groups is 1. The molecule has 134 valence electrons. The molecule has 0 radical (unpaired) electrons. The van der Waals surface area contributed by atoms with Crippen LogP contribution in [0.25, 0.3) is 11.4 Å². The van der Waals surface area contributed by atoms with Gasteiger partial charge in [0.1, 0.15) is 0 Å². The molecule has 0 aliphatic rings. The van der Waals surface area contributed by atoms with Gasteiger partial charge in [-0.25, -0.2) is 0 Å². The Morgan fingerprint density at radius 1 is 1.12 bits per heavy atom. The summed E-state index contributed by atoms with van der Waals surface area (Å²) in [6, 6.07) is 10.6. The Kier molecular flexibility index (Phi) is 4.83. The molecule has 0 aliphatic heterocycles. The minimum atomic E-state index is -0.475. The van der Waals surface area contributed by atoms with E-state index in [9.17, 15) is 4.79 Å². The van der Waals surface area contributed by atoms with E-state index in [4.69, 9.17) is 15.2 Å². The quantitative estimate of drug-likeness (QED) is 0.724. The molecule has 8 heteroatoms. The van der Waals surface area contributed by atoms with Gasteiger partial charge in [0.05, 0.1) is 20.8 Å². The molecule has 3 aromatic rings. The van der Waals surface area contributed by atoms with E-state index in [1.165, 1.54) is 4.80 Å². The van der Waals surface area contributed by atoms with Crippen LogP contribution in [0.4, 0.5) is 0 Å². The normalized spacial score (nSPS) is 10.6. The summed E-state index contributed by atoms with van der Waals surface area (Å²) in [6.07, 6.45) is 0. The lowest BCUT2D eigenvalue weighted by atomic mass is 10.1. The maximum Gasteiger partial charge on any atom is 0.248 e. The highest BCUT2D eigenvalue weighted by molar-refractivity contribution is 5.93. The molecule has 8 nitrogen and oxygen atoms in total. The van der Waals surface area contributed by atoms with Crippen LogP contribution in [-0.4, -0.2) is 40.3 Å². The zero-order chi connectivity index (χ0) is 18.7. The fourth-order valence-corrected chi connectivity index (χ4v) is 2.55. The average Bonchev–Trinajstić information content (AvgIpc) is 3.11. The third-order valence-corrected chi connectivity index (χ3v) is 4.03. The van der Waals surface area contributed by atoms with E-state index in [0.29, 0.717) is 29.4 Å². The Bertz CT molecular complexity index is 934. The van der Waals surface area contributed by atoms with Gasteiger partial charge in [0.25, 0.3) is 0 Å². The van der Waals surface area contributed by atoms with Crippen molar-refractivity contribution in [2.75, 3.05) is 14.2 Å². The molecule has 0 bridgehead atoms. The molecule has 2 N–H and O–H groups in total. The minimum Gasteiger partial charge on any atom is -0.493 e. The second-order valence-electron chi connectivity index (χ2n) is 5.72. The summed E-state index contributed by atoms with van der Waals surface area (Å²) in [5.41, 5.74) is 8.46. The number of hydrogen-bond donors (Lipinski definition) is 1. The predicted molar refractivity (Wildman–Crippen MR) is 95.2 cm³/mol. The zero-order valence-electron chi connectivity index (χ0n) is 14.8. The van der Waals surface area contributed by atoms with Gasteiger partial charge in [0.15, 0.2) is 11.5 Å². The van der Waals surface area contributed by atoms with E-state index in [0.717, 1.165) is 16.7 Å². The standard InChI is InChI=1S/C18H19N5O3/c1-11-8-15(25-2)16(26-3)9-14(11)10-23-21-18(20-22-23)13-6-4-12(5-7-13)17(19)24/h4-9H,10H2,1-3H3,(H2,19,24). The van der Waals surface area contributed by atoms with E-state index < -0.39 is 5.91 Å². The second-order valence-corrected chi connectivity index (χ2v) is 5.72. The van der Waals surface area contributed by atoms with Crippen LogP contribution < -0.4 is 15.2 Å². The molecule has 0 fully saturated rings. The molecular formula is C18H19N5O3. The first-order valence-electron chi connectivity index (χ1n) is 7.91. The first-order valence-corrected chi connectivity index (χ1v) is 7.91. The van der Waals surface area contributed by atoms with E-state index in [1.807, 2.05) is 19.1 Å². The highest BCUT2D eigenvalue weighted by atomic mass is 16.5. The predicted octanol–water partition coefficient (Wildman–Crippen LogP) is 1.81. The number of nitrogens with zero attached hydrogens (tertiary/aromatic N) is 4. The van der Waals surface area contributed by atoms with Crippen molar-refractivity contribution in [3.8, 4) is 22.9 Å². The number of amides is 1. The summed E-state index contributed by atoms with van der Waals surface area (Å²) >= 11 is 0. The van der Waals surface area contributed by atoms with Crippen LogP contribution in [0.15, 0.2) is 36.4 Å². The summed E-state index contributed by atoms with van der Waals surface area (Å²) in [7, 11) is 3.20. The van der Waals surface area contributed by atoms with Crippen molar-refractivity contribution in [1.82, 2.24) is 20.2 Å². The Balaban J connectivity index is 1.83. The molecular weight excluding hydrogens is 334 g/mol. The number of hydrogen-bond acceptors (Lipinski definition) is 6. The highest BCUT2D eigenvalue weighted by Gasteiger charge is 2.12. The Morgan fingerprint density at radius 3 is 2.38 bits per heavy atom. The molecule has 0 aliphatic carbocycles. The average molecular weight is 353 g/mol. The summed E-state index contributed by atoms with van der Waals surface area (Å²) < 4.78 is 10.6. The second kappa shape index (κ2) is 7.22. The van der Waals surface area contributed by atoms with Gasteiger partial charge in [-0.1, -0.05) is 12.1 Å². The van der Waals surface area contributed by atoms with Crippen LogP contribution in [0.3, 0.4) is 0 Å². The molecule has 0 saturated heterocycles. The maximum absolute atomic E-state index is 11.1. The number of rotatable bonds is 6. The molecule has 26 heavy (non-hydrogen) atoms. The summed E-state index contributed by atoms with van der Waals surface area (Å²) in [6.45, 7) is 2.43. The lowest BCUT2D eigenvalue weighted by Crippen LogP contribution is -2.10. The van der Waals surface area contributed by atoms with Gasteiger partial charge < -0.3 is 15.2 Å². The first-order chi connectivity index (χ1) is 12.5. The molecule has 3 rings (SSSR count). The van der Waals surface area contributed by atoms with E-state index >= 15 is 0 Å². The molecule has 0 saturated carbocycles. The number of aryl methyl sites for hydroxylation is 1. The van der Waals surface area contributed by atoms with E-state index in [2.05, 4.69) is 15.4 Å². The number of tetrazole rings is 1. The molecule has 1 heterocycles. The van der Waals surface area contributed by atoms with Crippen molar-refractivity contribution < 1.29 is 14.3 Å². The topological polar surface area (TPSA) is 105 Å². The SMILES string of the molecule is COc1cc(C)c(Cn2nnc(-c3ccc(C(N)=O)cc3)n2)cc1OC. The first kappa shape index (κ1) is 17.4. The molecule has 0 atom stereocenters. The lowest BCUT2D eigenvalue weighted by Gasteiger charge is -2.12. The van der Waals surface area contributed by atoms with Crippen LogP contribution >= 0.6 is 0 Å². The maximum atomic E-state index is 11.1. The van der Waals surface area contributed by atoms with Gasteiger partial charge in [-0.15, -0.1) is 10.2 Å². The van der Waals surface area contributed by atoms with Gasteiger partial charge >= 0.3 is 0 Å². The summed E-state index contributed by atoms with van der Waals surface area (Å²) in [5.74, 6) is 1.32. The monoisotopic (exact) mass is 353 g/mol. The fourth-order valence-electron chi connectivity index (χ4n) is 2.55. The summed E-state index contributed by atoms with van der Waals surface area (Å²) in [4.78, 5) is 12.6. The van der Waals surface area contributed by atoms with E-state index in [-0.39, 0.29) is 0 Å².